The van der Waals surface area contributed by atoms with Gasteiger partial charge in [-0.15, -0.1) is 0 Å². The highest BCUT2D eigenvalue weighted by atomic mass is 16.5. The van der Waals surface area contributed by atoms with Crippen molar-refractivity contribution in [2.24, 2.45) is 5.73 Å². The maximum atomic E-state index is 11.1. The molecule has 1 aliphatic rings. The van der Waals surface area contributed by atoms with Crippen molar-refractivity contribution >= 4 is 5.91 Å². The molecule has 4 heteroatoms. The molecule has 1 fully saturated rings. The van der Waals surface area contributed by atoms with Crippen LogP contribution < -0.4 is 10.5 Å². The van der Waals surface area contributed by atoms with Crippen LogP contribution in [-0.4, -0.2) is 17.0 Å². The Morgan fingerprint density at radius 1 is 1.47 bits per heavy atom. The van der Waals surface area contributed by atoms with E-state index in [4.69, 9.17) is 10.5 Å². The molecule has 1 saturated carbocycles. The number of carbonyl (C=O) groups excluding carboxylic acids is 1. The largest absolute Gasteiger partial charge is 0.490 e. The predicted molar refractivity (Wildman–Crippen MR) is 65.1 cm³/mol. The molecule has 0 saturated heterocycles. The van der Waals surface area contributed by atoms with Gasteiger partial charge in [0.05, 0.1) is 6.10 Å². The third-order valence-electron chi connectivity index (χ3n) is 2.74. The molecular weight excluding hydrogens is 216 g/mol. The molecule has 0 unspecified atom stereocenters. The topological polar surface area (TPSA) is 65.2 Å². The summed E-state index contributed by atoms with van der Waals surface area (Å²) in [5, 5.41) is 0. The first-order valence-electron chi connectivity index (χ1n) is 5.85. The van der Waals surface area contributed by atoms with Gasteiger partial charge in [0.1, 0.15) is 11.4 Å². The molecular formula is C13H18N2O2. The zero-order valence-electron chi connectivity index (χ0n) is 10.5. The van der Waals surface area contributed by atoms with Crippen LogP contribution in [0.1, 0.15) is 49.7 Å². The number of aromatic nitrogens is 1. The van der Waals surface area contributed by atoms with E-state index in [9.17, 15) is 4.79 Å². The minimum Gasteiger partial charge on any atom is -0.490 e. The predicted octanol–water partition coefficient (Wildman–Crippen LogP) is 2.02. The van der Waals surface area contributed by atoms with E-state index in [0.717, 1.165) is 24.2 Å². The van der Waals surface area contributed by atoms with Gasteiger partial charge in [-0.2, -0.15) is 0 Å². The molecule has 1 amide bonds. The van der Waals surface area contributed by atoms with E-state index < -0.39 is 5.91 Å². The first-order valence-corrected chi connectivity index (χ1v) is 5.85. The Labute approximate surface area is 101 Å². The lowest BCUT2D eigenvalue weighted by Crippen LogP contribution is -2.18. The van der Waals surface area contributed by atoms with Crippen LogP contribution in [0, 0.1) is 0 Å². The number of amides is 1. The highest BCUT2D eigenvalue weighted by Gasteiger charge is 2.28. The molecule has 1 heterocycles. The minimum absolute atomic E-state index is 0.0621. The number of hydrogen-bond donors (Lipinski definition) is 1. The maximum Gasteiger partial charge on any atom is 0.267 e. The Balaban J connectivity index is 2.39. The smallest absolute Gasteiger partial charge is 0.267 e. The normalized spacial score (nSPS) is 15.7. The van der Waals surface area contributed by atoms with Gasteiger partial charge >= 0.3 is 0 Å². The van der Waals surface area contributed by atoms with Gasteiger partial charge in [0.25, 0.3) is 5.91 Å². The molecule has 2 N–H and O–H groups in total. The summed E-state index contributed by atoms with van der Waals surface area (Å²) in [4.78, 5) is 15.2. The van der Waals surface area contributed by atoms with Crippen molar-refractivity contribution in [3.63, 3.8) is 0 Å². The van der Waals surface area contributed by atoms with E-state index in [1.165, 1.54) is 0 Å². The maximum absolute atomic E-state index is 11.1. The summed E-state index contributed by atoms with van der Waals surface area (Å²) in [5.41, 5.74) is 6.44. The molecule has 2 rings (SSSR count). The zero-order chi connectivity index (χ0) is 12.6. The van der Waals surface area contributed by atoms with Gasteiger partial charge < -0.3 is 10.5 Å². The van der Waals surface area contributed by atoms with Crippen LogP contribution in [0.4, 0.5) is 0 Å². The van der Waals surface area contributed by atoms with Crippen molar-refractivity contribution in [2.45, 2.75) is 45.1 Å². The van der Waals surface area contributed by atoms with Crippen LogP contribution in [0.15, 0.2) is 12.3 Å². The second-order valence-electron chi connectivity index (χ2n) is 5.50. The first kappa shape index (κ1) is 11.9. The monoisotopic (exact) mass is 234 g/mol. The summed E-state index contributed by atoms with van der Waals surface area (Å²) in [5.74, 6) is 0.218. The number of ether oxygens (including phenoxy) is 1. The van der Waals surface area contributed by atoms with Crippen LogP contribution in [-0.2, 0) is 5.41 Å². The van der Waals surface area contributed by atoms with Crippen LogP contribution in [0.2, 0.25) is 0 Å². The molecule has 0 spiro atoms. The first-order chi connectivity index (χ1) is 7.88. The molecule has 1 aromatic heterocycles. The van der Waals surface area contributed by atoms with Gasteiger partial charge in [0, 0.05) is 17.8 Å². The molecule has 0 aliphatic heterocycles. The SMILES string of the molecule is CC(C)(C)c1cnc(C(N)=O)cc1OC1CC1. The Morgan fingerprint density at radius 2 is 2.12 bits per heavy atom. The highest BCUT2D eigenvalue weighted by molar-refractivity contribution is 5.91. The number of hydrogen-bond acceptors (Lipinski definition) is 3. The van der Waals surface area contributed by atoms with Gasteiger partial charge in [-0.1, -0.05) is 20.8 Å². The number of pyridine rings is 1. The fourth-order valence-corrected chi connectivity index (χ4v) is 1.60. The van der Waals surface area contributed by atoms with Crippen molar-refractivity contribution in [3.8, 4) is 5.75 Å². The Bertz CT molecular complexity index is 445. The summed E-state index contributed by atoms with van der Waals surface area (Å²) in [6.07, 6.45) is 4.15. The molecule has 4 nitrogen and oxygen atoms in total. The van der Waals surface area contributed by atoms with Gasteiger partial charge in [0.15, 0.2) is 0 Å². The van der Waals surface area contributed by atoms with Crippen LogP contribution >= 0.6 is 0 Å². The highest BCUT2D eigenvalue weighted by Crippen LogP contribution is 2.35. The summed E-state index contributed by atoms with van der Waals surface area (Å²) >= 11 is 0. The van der Waals surface area contributed by atoms with Crippen LogP contribution in [0.5, 0.6) is 5.75 Å². The molecule has 0 atom stereocenters. The summed E-state index contributed by atoms with van der Waals surface area (Å²) in [6, 6.07) is 1.65. The Morgan fingerprint density at radius 3 is 2.59 bits per heavy atom. The van der Waals surface area contributed by atoms with E-state index in [2.05, 4.69) is 25.8 Å². The lowest BCUT2D eigenvalue weighted by Gasteiger charge is -2.22. The van der Waals surface area contributed by atoms with E-state index in [-0.39, 0.29) is 11.1 Å². The van der Waals surface area contributed by atoms with Crippen LogP contribution in [0.25, 0.3) is 0 Å². The molecule has 0 bridgehead atoms. The quantitative estimate of drug-likeness (QED) is 0.870. The van der Waals surface area contributed by atoms with E-state index >= 15 is 0 Å². The molecule has 1 aromatic rings. The number of rotatable bonds is 3. The molecule has 1 aliphatic carbocycles. The number of primary amides is 1. The lowest BCUT2D eigenvalue weighted by atomic mass is 9.87. The minimum atomic E-state index is -0.522. The Hall–Kier alpha value is -1.58. The summed E-state index contributed by atoms with van der Waals surface area (Å²) in [6.45, 7) is 6.27. The van der Waals surface area contributed by atoms with Crippen molar-refractivity contribution < 1.29 is 9.53 Å². The van der Waals surface area contributed by atoms with Crippen molar-refractivity contribution in [2.75, 3.05) is 0 Å². The number of nitrogens with two attached hydrogens (primary N) is 1. The number of nitrogens with zero attached hydrogens (tertiary/aromatic N) is 1. The fraction of sp³-hybridized carbons (Fsp3) is 0.538. The van der Waals surface area contributed by atoms with Crippen molar-refractivity contribution in [1.29, 1.82) is 0 Å². The molecule has 17 heavy (non-hydrogen) atoms. The third kappa shape index (κ3) is 2.75. The van der Waals surface area contributed by atoms with E-state index in [1.54, 1.807) is 12.3 Å². The van der Waals surface area contributed by atoms with Gasteiger partial charge in [-0.05, 0) is 18.3 Å². The second kappa shape index (κ2) is 4.02. The zero-order valence-corrected chi connectivity index (χ0v) is 10.5. The average Bonchev–Trinajstić information content (AvgIpc) is 2.99. The molecule has 0 aromatic carbocycles. The van der Waals surface area contributed by atoms with Gasteiger partial charge in [-0.3, -0.25) is 9.78 Å². The summed E-state index contributed by atoms with van der Waals surface area (Å²) < 4.78 is 5.83. The number of carbonyl (C=O) groups is 1. The van der Waals surface area contributed by atoms with Crippen molar-refractivity contribution in [3.05, 3.63) is 23.5 Å². The summed E-state index contributed by atoms with van der Waals surface area (Å²) in [7, 11) is 0. The van der Waals surface area contributed by atoms with Crippen LogP contribution in [0.3, 0.4) is 0 Å². The van der Waals surface area contributed by atoms with E-state index in [0.29, 0.717) is 6.10 Å². The fourth-order valence-electron chi connectivity index (χ4n) is 1.60. The van der Waals surface area contributed by atoms with Gasteiger partial charge in [0.2, 0.25) is 0 Å². The molecule has 92 valence electrons. The average molecular weight is 234 g/mol. The molecule has 0 radical (unpaired) electrons. The Kier molecular flexibility index (Phi) is 2.81. The van der Waals surface area contributed by atoms with Gasteiger partial charge in [-0.25, -0.2) is 0 Å². The van der Waals surface area contributed by atoms with Crippen molar-refractivity contribution in [1.82, 2.24) is 4.98 Å². The lowest BCUT2D eigenvalue weighted by molar-refractivity contribution is 0.0995. The second-order valence-corrected chi connectivity index (χ2v) is 5.50. The third-order valence-corrected chi connectivity index (χ3v) is 2.74. The van der Waals surface area contributed by atoms with E-state index in [1.807, 2.05) is 0 Å². The standard InChI is InChI=1S/C13H18N2O2/c1-13(2,3)9-7-15-10(12(14)16)6-11(9)17-8-4-5-8/h6-8H,4-5H2,1-3H3,(H2,14,16).